The Kier molecular flexibility index (Phi) is 4.42. The molecular weight excluding hydrogens is 202 g/mol. The van der Waals surface area contributed by atoms with Gasteiger partial charge in [-0.15, -0.1) is 11.8 Å². The van der Waals surface area contributed by atoms with Crippen LogP contribution in [0.3, 0.4) is 0 Å². The Morgan fingerprint density at radius 2 is 2.29 bits per heavy atom. The Balaban J connectivity index is 2.59. The van der Waals surface area contributed by atoms with Gasteiger partial charge in [0.15, 0.2) is 0 Å². The molecule has 2 N–H and O–H groups in total. The number of carboxylic acid groups (broad SMARTS) is 1. The highest BCUT2D eigenvalue weighted by Crippen LogP contribution is 2.16. The van der Waals surface area contributed by atoms with E-state index in [9.17, 15) is 4.79 Å². The third kappa shape index (κ3) is 3.35. The van der Waals surface area contributed by atoms with Crippen LogP contribution in [-0.2, 0) is 0 Å². The molecule has 0 saturated carbocycles. The summed E-state index contributed by atoms with van der Waals surface area (Å²) >= 11 is 1.44. The summed E-state index contributed by atoms with van der Waals surface area (Å²) in [5, 5.41) is 17.9. The second-order valence-electron chi connectivity index (χ2n) is 2.59. The standard InChI is InChI=1S/C9H11NO3S/c11-5-2-6-14-8-4-1-3-7(10-8)9(12)13/h1,3-4,11H,2,5-6H2,(H,12,13). The maximum atomic E-state index is 10.6. The SMILES string of the molecule is O=C(O)c1cccc(SCCCO)n1. The molecule has 4 nitrogen and oxygen atoms in total. The molecule has 1 aromatic heterocycles. The lowest BCUT2D eigenvalue weighted by Crippen LogP contribution is -2.00. The van der Waals surface area contributed by atoms with E-state index in [0.29, 0.717) is 11.4 Å². The van der Waals surface area contributed by atoms with Crippen LogP contribution < -0.4 is 0 Å². The highest BCUT2D eigenvalue weighted by atomic mass is 32.2. The van der Waals surface area contributed by atoms with Crippen LogP contribution in [-0.4, -0.2) is 33.5 Å². The van der Waals surface area contributed by atoms with Crippen molar-refractivity contribution in [3.63, 3.8) is 0 Å². The molecule has 0 aliphatic heterocycles. The van der Waals surface area contributed by atoms with Crippen LogP contribution in [0.2, 0.25) is 0 Å². The first-order chi connectivity index (χ1) is 6.74. The van der Waals surface area contributed by atoms with Gasteiger partial charge in [-0.05, 0) is 18.6 Å². The van der Waals surface area contributed by atoms with Crippen molar-refractivity contribution in [3.8, 4) is 0 Å². The van der Waals surface area contributed by atoms with E-state index >= 15 is 0 Å². The van der Waals surface area contributed by atoms with Crippen molar-refractivity contribution in [1.29, 1.82) is 0 Å². The number of thioether (sulfide) groups is 1. The molecule has 1 aromatic rings. The summed E-state index contributed by atoms with van der Waals surface area (Å²) in [6, 6.07) is 4.88. The Hall–Kier alpha value is -1.07. The largest absolute Gasteiger partial charge is 0.477 e. The van der Waals surface area contributed by atoms with E-state index in [1.165, 1.54) is 17.8 Å². The number of aromatic carboxylic acids is 1. The molecule has 0 atom stereocenters. The minimum Gasteiger partial charge on any atom is -0.477 e. The van der Waals surface area contributed by atoms with Crippen molar-refractivity contribution in [2.45, 2.75) is 11.4 Å². The zero-order valence-corrected chi connectivity index (χ0v) is 8.33. The Bertz CT molecular complexity index is 317. The highest BCUT2D eigenvalue weighted by molar-refractivity contribution is 7.99. The number of carboxylic acids is 1. The van der Waals surface area contributed by atoms with Crippen molar-refractivity contribution >= 4 is 17.7 Å². The van der Waals surface area contributed by atoms with Gasteiger partial charge in [0, 0.05) is 12.4 Å². The van der Waals surface area contributed by atoms with Gasteiger partial charge >= 0.3 is 5.97 Å². The lowest BCUT2D eigenvalue weighted by molar-refractivity contribution is 0.0689. The van der Waals surface area contributed by atoms with E-state index in [0.717, 1.165) is 5.75 Å². The Morgan fingerprint density at radius 1 is 1.50 bits per heavy atom. The highest BCUT2D eigenvalue weighted by Gasteiger charge is 2.04. The monoisotopic (exact) mass is 213 g/mol. The van der Waals surface area contributed by atoms with E-state index in [1.54, 1.807) is 12.1 Å². The number of hydrogen-bond donors (Lipinski definition) is 2. The number of aromatic nitrogens is 1. The van der Waals surface area contributed by atoms with Gasteiger partial charge in [0.1, 0.15) is 5.69 Å². The maximum absolute atomic E-state index is 10.6. The quantitative estimate of drug-likeness (QED) is 0.569. The van der Waals surface area contributed by atoms with Gasteiger partial charge in [-0.2, -0.15) is 0 Å². The Morgan fingerprint density at radius 3 is 2.93 bits per heavy atom. The fourth-order valence-electron chi connectivity index (χ4n) is 0.856. The number of pyridine rings is 1. The maximum Gasteiger partial charge on any atom is 0.354 e. The number of nitrogens with zero attached hydrogens (tertiary/aromatic N) is 1. The molecule has 5 heteroatoms. The summed E-state index contributed by atoms with van der Waals surface area (Å²) in [6.07, 6.45) is 0.684. The molecule has 14 heavy (non-hydrogen) atoms. The van der Waals surface area contributed by atoms with Crippen molar-refractivity contribution in [2.75, 3.05) is 12.4 Å². The van der Waals surface area contributed by atoms with Gasteiger partial charge in [0.2, 0.25) is 0 Å². The molecule has 0 spiro atoms. The summed E-state index contributed by atoms with van der Waals surface area (Å²) in [6.45, 7) is 0.144. The van der Waals surface area contributed by atoms with Gasteiger partial charge < -0.3 is 10.2 Å². The third-order valence-corrected chi connectivity index (χ3v) is 2.51. The third-order valence-electron chi connectivity index (χ3n) is 1.50. The second-order valence-corrected chi connectivity index (χ2v) is 3.71. The van der Waals surface area contributed by atoms with Gasteiger partial charge in [0.05, 0.1) is 5.03 Å². The first-order valence-corrected chi connectivity index (χ1v) is 5.16. The van der Waals surface area contributed by atoms with E-state index in [1.807, 2.05) is 0 Å². The predicted molar refractivity (Wildman–Crippen MR) is 53.6 cm³/mol. The molecule has 0 aliphatic carbocycles. The van der Waals surface area contributed by atoms with Gasteiger partial charge in [-0.25, -0.2) is 9.78 Å². The number of carbonyl (C=O) groups is 1. The molecule has 0 aromatic carbocycles. The second kappa shape index (κ2) is 5.62. The van der Waals surface area contributed by atoms with Crippen LogP contribution in [0.5, 0.6) is 0 Å². The molecule has 0 fully saturated rings. The average Bonchev–Trinajstić information content (AvgIpc) is 2.19. The van der Waals surface area contributed by atoms with Gasteiger partial charge in [-0.3, -0.25) is 0 Å². The van der Waals surface area contributed by atoms with Crippen molar-refractivity contribution in [2.24, 2.45) is 0 Å². The first kappa shape index (κ1) is 11.0. The van der Waals surface area contributed by atoms with Crippen LogP contribution in [0.15, 0.2) is 23.2 Å². The lowest BCUT2D eigenvalue weighted by atomic mass is 10.4. The molecule has 0 radical (unpaired) electrons. The number of rotatable bonds is 5. The zero-order chi connectivity index (χ0) is 10.4. The molecule has 1 rings (SSSR count). The van der Waals surface area contributed by atoms with Crippen LogP contribution in [0.1, 0.15) is 16.9 Å². The number of aliphatic hydroxyl groups is 1. The van der Waals surface area contributed by atoms with E-state index in [4.69, 9.17) is 10.2 Å². The summed E-state index contributed by atoms with van der Waals surface area (Å²) in [7, 11) is 0. The Labute approximate surface area is 86.0 Å². The molecule has 0 saturated heterocycles. The topological polar surface area (TPSA) is 70.4 Å². The van der Waals surface area contributed by atoms with E-state index in [2.05, 4.69) is 4.98 Å². The fourth-order valence-corrected chi connectivity index (χ4v) is 1.68. The molecule has 0 unspecified atom stereocenters. The first-order valence-electron chi connectivity index (χ1n) is 4.18. The summed E-state index contributed by atoms with van der Waals surface area (Å²) in [5.74, 6) is -0.276. The molecular formula is C9H11NO3S. The van der Waals surface area contributed by atoms with Crippen LogP contribution in [0, 0.1) is 0 Å². The molecule has 1 heterocycles. The molecule has 76 valence electrons. The van der Waals surface area contributed by atoms with E-state index in [-0.39, 0.29) is 12.3 Å². The van der Waals surface area contributed by atoms with Crippen LogP contribution in [0.4, 0.5) is 0 Å². The summed E-state index contributed by atoms with van der Waals surface area (Å²) < 4.78 is 0. The molecule has 0 bridgehead atoms. The predicted octanol–water partition coefficient (Wildman–Crippen LogP) is 1.25. The average molecular weight is 213 g/mol. The normalized spacial score (nSPS) is 10.1. The minimum atomic E-state index is -1.02. The van der Waals surface area contributed by atoms with E-state index < -0.39 is 5.97 Å². The summed E-state index contributed by atoms with van der Waals surface area (Å²) in [4.78, 5) is 14.5. The van der Waals surface area contributed by atoms with Crippen molar-refractivity contribution in [1.82, 2.24) is 4.98 Å². The zero-order valence-electron chi connectivity index (χ0n) is 7.51. The number of hydrogen-bond acceptors (Lipinski definition) is 4. The minimum absolute atomic E-state index is 0.0546. The van der Waals surface area contributed by atoms with Crippen molar-refractivity contribution in [3.05, 3.63) is 23.9 Å². The van der Waals surface area contributed by atoms with Crippen LogP contribution >= 0.6 is 11.8 Å². The van der Waals surface area contributed by atoms with Crippen molar-refractivity contribution < 1.29 is 15.0 Å². The van der Waals surface area contributed by atoms with Gasteiger partial charge in [0.25, 0.3) is 0 Å². The van der Waals surface area contributed by atoms with Crippen LogP contribution in [0.25, 0.3) is 0 Å². The molecule has 0 amide bonds. The lowest BCUT2D eigenvalue weighted by Gasteiger charge is -2.00. The fraction of sp³-hybridized carbons (Fsp3) is 0.333. The smallest absolute Gasteiger partial charge is 0.354 e. The molecule has 0 aliphatic rings. The number of aliphatic hydroxyl groups excluding tert-OH is 1. The van der Waals surface area contributed by atoms with Gasteiger partial charge in [-0.1, -0.05) is 6.07 Å². The summed E-state index contributed by atoms with van der Waals surface area (Å²) in [5.41, 5.74) is 0.0546.